The lowest BCUT2D eigenvalue weighted by molar-refractivity contribution is -0.123. The fourth-order valence-electron chi connectivity index (χ4n) is 1.93. The zero-order valence-corrected chi connectivity index (χ0v) is 9.68. The van der Waals surface area contributed by atoms with Gasteiger partial charge in [-0.1, -0.05) is 0 Å². The van der Waals surface area contributed by atoms with Crippen molar-refractivity contribution in [2.24, 2.45) is 0 Å². The molecule has 0 aromatic heterocycles. The van der Waals surface area contributed by atoms with E-state index in [1.165, 1.54) is 0 Å². The Hall–Kier alpha value is -0.610. The lowest BCUT2D eigenvalue weighted by Gasteiger charge is -2.26. The van der Waals surface area contributed by atoms with Crippen LogP contribution in [0.3, 0.4) is 0 Å². The molecule has 15 heavy (non-hydrogen) atoms. The van der Waals surface area contributed by atoms with Gasteiger partial charge in [0.1, 0.15) is 0 Å². The summed E-state index contributed by atoms with van der Waals surface area (Å²) in [5.41, 5.74) is -0.301. The highest BCUT2D eigenvalue weighted by atomic mass is 16.3. The molecular weight excluding hydrogens is 192 g/mol. The zero-order valence-electron chi connectivity index (χ0n) is 9.68. The lowest BCUT2D eigenvalue weighted by atomic mass is 10.0. The van der Waals surface area contributed by atoms with E-state index < -0.39 is 0 Å². The van der Waals surface area contributed by atoms with Gasteiger partial charge in [-0.3, -0.25) is 4.79 Å². The van der Waals surface area contributed by atoms with Crippen molar-refractivity contribution in [3.8, 4) is 0 Å². The Kier molecular flexibility index (Phi) is 4.54. The van der Waals surface area contributed by atoms with Crippen molar-refractivity contribution in [3.05, 3.63) is 0 Å². The van der Waals surface area contributed by atoms with Gasteiger partial charge < -0.3 is 15.7 Å². The maximum atomic E-state index is 11.7. The predicted molar refractivity (Wildman–Crippen MR) is 59.6 cm³/mol. The van der Waals surface area contributed by atoms with Gasteiger partial charge in [0.15, 0.2) is 0 Å². The van der Waals surface area contributed by atoms with Gasteiger partial charge in [0.05, 0.1) is 0 Å². The fraction of sp³-hybridized carbons (Fsp3) is 0.909. The van der Waals surface area contributed by atoms with Crippen molar-refractivity contribution < 1.29 is 9.90 Å². The first kappa shape index (κ1) is 12.5. The Labute approximate surface area is 91.4 Å². The van der Waals surface area contributed by atoms with Crippen LogP contribution in [0.4, 0.5) is 0 Å². The molecule has 0 radical (unpaired) electrons. The van der Waals surface area contributed by atoms with Crippen molar-refractivity contribution in [3.63, 3.8) is 0 Å². The Bertz CT molecular complexity index is 211. The SMILES string of the molecule is CC(C)(CCO)NC(=O)CC1CCCN1. The Morgan fingerprint density at radius 3 is 2.87 bits per heavy atom. The molecule has 0 bridgehead atoms. The van der Waals surface area contributed by atoms with E-state index in [4.69, 9.17) is 5.11 Å². The van der Waals surface area contributed by atoms with Crippen molar-refractivity contribution in [2.75, 3.05) is 13.2 Å². The van der Waals surface area contributed by atoms with E-state index in [9.17, 15) is 4.79 Å². The Morgan fingerprint density at radius 2 is 2.33 bits per heavy atom. The first-order valence-corrected chi connectivity index (χ1v) is 5.69. The molecule has 4 heteroatoms. The highest BCUT2D eigenvalue weighted by Crippen LogP contribution is 2.11. The lowest BCUT2D eigenvalue weighted by Crippen LogP contribution is -2.45. The van der Waals surface area contributed by atoms with Crippen LogP contribution in [0.25, 0.3) is 0 Å². The largest absolute Gasteiger partial charge is 0.396 e. The van der Waals surface area contributed by atoms with E-state index >= 15 is 0 Å². The van der Waals surface area contributed by atoms with Crippen molar-refractivity contribution in [1.29, 1.82) is 0 Å². The van der Waals surface area contributed by atoms with Crippen LogP contribution in [-0.2, 0) is 4.79 Å². The van der Waals surface area contributed by atoms with Crippen molar-refractivity contribution in [2.45, 2.75) is 51.1 Å². The van der Waals surface area contributed by atoms with Crippen LogP contribution in [-0.4, -0.2) is 35.7 Å². The van der Waals surface area contributed by atoms with Crippen LogP contribution >= 0.6 is 0 Å². The average molecular weight is 214 g/mol. The number of aliphatic hydroxyl groups excluding tert-OH is 1. The molecule has 0 spiro atoms. The van der Waals surface area contributed by atoms with Crippen LogP contribution < -0.4 is 10.6 Å². The topological polar surface area (TPSA) is 61.4 Å². The summed E-state index contributed by atoms with van der Waals surface area (Å²) in [6.07, 6.45) is 3.40. The number of carbonyl (C=O) groups is 1. The molecule has 0 aromatic carbocycles. The minimum atomic E-state index is -0.301. The number of rotatable bonds is 5. The van der Waals surface area contributed by atoms with Gasteiger partial charge in [-0.05, 0) is 39.7 Å². The predicted octanol–water partition coefficient (Wildman–Crippen LogP) is 0.406. The molecule has 1 atom stereocenters. The number of aliphatic hydroxyl groups is 1. The quantitative estimate of drug-likeness (QED) is 0.621. The van der Waals surface area contributed by atoms with E-state index in [0.29, 0.717) is 18.9 Å². The molecule has 1 fully saturated rings. The van der Waals surface area contributed by atoms with Gasteiger partial charge in [-0.2, -0.15) is 0 Å². The Balaban J connectivity index is 2.27. The van der Waals surface area contributed by atoms with Crippen LogP contribution in [0.5, 0.6) is 0 Å². The molecule has 88 valence electrons. The summed E-state index contributed by atoms with van der Waals surface area (Å²) in [4.78, 5) is 11.7. The highest BCUT2D eigenvalue weighted by molar-refractivity contribution is 5.77. The summed E-state index contributed by atoms with van der Waals surface area (Å²) in [5.74, 6) is 0.0767. The molecule has 1 rings (SSSR count). The van der Waals surface area contributed by atoms with E-state index in [1.807, 2.05) is 13.8 Å². The molecule has 0 saturated carbocycles. The number of hydrogen-bond donors (Lipinski definition) is 3. The van der Waals surface area contributed by atoms with E-state index in [0.717, 1.165) is 19.4 Å². The molecule has 1 saturated heterocycles. The van der Waals surface area contributed by atoms with E-state index in [-0.39, 0.29) is 18.1 Å². The number of carbonyl (C=O) groups excluding carboxylic acids is 1. The minimum absolute atomic E-state index is 0.0767. The second-order valence-electron chi connectivity index (χ2n) is 4.90. The Morgan fingerprint density at radius 1 is 1.60 bits per heavy atom. The third kappa shape index (κ3) is 4.62. The third-order valence-electron chi connectivity index (χ3n) is 2.81. The fourth-order valence-corrected chi connectivity index (χ4v) is 1.93. The van der Waals surface area contributed by atoms with Crippen LogP contribution in [0.15, 0.2) is 0 Å². The van der Waals surface area contributed by atoms with Gasteiger partial charge in [-0.15, -0.1) is 0 Å². The maximum Gasteiger partial charge on any atom is 0.221 e. The molecule has 1 unspecified atom stereocenters. The smallest absolute Gasteiger partial charge is 0.221 e. The second kappa shape index (κ2) is 5.47. The molecule has 1 heterocycles. The molecule has 4 nitrogen and oxygen atoms in total. The standard InChI is InChI=1S/C11H22N2O2/c1-11(2,5-7-14)13-10(15)8-9-4-3-6-12-9/h9,12,14H,3-8H2,1-2H3,(H,13,15). The van der Waals surface area contributed by atoms with Crippen LogP contribution in [0.1, 0.15) is 39.5 Å². The summed E-state index contributed by atoms with van der Waals surface area (Å²) in [6, 6.07) is 0.343. The highest BCUT2D eigenvalue weighted by Gasteiger charge is 2.23. The number of hydrogen-bond acceptors (Lipinski definition) is 3. The molecular formula is C11H22N2O2. The molecule has 1 aliphatic heterocycles. The van der Waals surface area contributed by atoms with Gasteiger partial charge >= 0.3 is 0 Å². The van der Waals surface area contributed by atoms with Gasteiger partial charge in [0.2, 0.25) is 5.91 Å². The van der Waals surface area contributed by atoms with Gasteiger partial charge in [-0.25, -0.2) is 0 Å². The molecule has 0 aromatic rings. The second-order valence-corrected chi connectivity index (χ2v) is 4.90. The summed E-state index contributed by atoms with van der Waals surface area (Å²) >= 11 is 0. The molecule has 1 aliphatic rings. The van der Waals surface area contributed by atoms with Gasteiger partial charge in [0, 0.05) is 24.6 Å². The van der Waals surface area contributed by atoms with Crippen LogP contribution in [0, 0.1) is 0 Å². The molecule has 1 amide bonds. The molecule has 3 N–H and O–H groups in total. The van der Waals surface area contributed by atoms with Crippen LogP contribution in [0.2, 0.25) is 0 Å². The van der Waals surface area contributed by atoms with Crippen molar-refractivity contribution in [1.82, 2.24) is 10.6 Å². The zero-order chi connectivity index (χ0) is 11.3. The first-order chi connectivity index (χ1) is 7.03. The normalized spacial score (nSPS) is 21.7. The van der Waals surface area contributed by atoms with Gasteiger partial charge in [0.25, 0.3) is 0 Å². The van der Waals surface area contributed by atoms with Crippen molar-refractivity contribution >= 4 is 5.91 Å². The maximum absolute atomic E-state index is 11.7. The summed E-state index contributed by atoms with van der Waals surface area (Å²) in [6.45, 7) is 5.00. The average Bonchev–Trinajstić information content (AvgIpc) is 2.54. The first-order valence-electron chi connectivity index (χ1n) is 5.69. The monoisotopic (exact) mass is 214 g/mol. The summed E-state index contributed by atoms with van der Waals surface area (Å²) in [5, 5.41) is 15.1. The third-order valence-corrected chi connectivity index (χ3v) is 2.81. The number of amides is 1. The van der Waals surface area contributed by atoms with E-state index in [2.05, 4.69) is 10.6 Å². The molecule has 0 aliphatic carbocycles. The minimum Gasteiger partial charge on any atom is -0.396 e. The van der Waals surface area contributed by atoms with E-state index in [1.54, 1.807) is 0 Å². The summed E-state index contributed by atoms with van der Waals surface area (Å²) < 4.78 is 0. The summed E-state index contributed by atoms with van der Waals surface area (Å²) in [7, 11) is 0. The number of nitrogens with one attached hydrogen (secondary N) is 2.